The Balaban J connectivity index is 0.000000217. The van der Waals surface area contributed by atoms with Gasteiger partial charge in [0.25, 0.3) is 0 Å². The highest BCUT2D eigenvalue weighted by Crippen LogP contribution is 2.06. The molecule has 1 rings (SSSR count). The summed E-state index contributed by atoms with van der Waals surface area (Å²) in [5.74, 6) is 0. The molecule has 0 atom stereocenters. The fourth-order valence-corrected chi connectivity index (χ4v) is 0.581. The Morgan fingerprint density at radius 3 is 1.58 bits per heavy atom. The molecule has 1 nitrogen and oxygen atoms in total. The first-order valence-electron chi connectivity index (χ1n) is 3.41. The number of aromatic nitrogens is 1. The van der Waals surface area contributed by atoms with E-state index in [1.165, 1.54) is 0 Å². The second-order valence-electron chi connectivity index (χ2n) is 2.01. The fourth-order valence-electron chi connectivity index (χ4n) is 0.581. The summed E-state index contributed by atoms with van der Waals surface area (Å²) < 4.78 is 41.1. The van der Waals surface area contributed by atoms with E-state index in [-0.39, 0.29) is 0 Å². The van der Waals surface area contributed by atoms with E-state index in [0.717, 1.165) is 6.54 Å². The van der Waals surface area contributed by atoms with Crippen molar-refractivity contribution in [3.05, 3.63) is 24.5 Å². The molecule has 0 radical (unpaired) electrons. The molecule has 0 aliphatic rings. The molecule has 0 bridgehead atoms. The van der Waals surface area contributed by atoms with Gasteiger partial charge in [0.1, 0.15) is 0 Å². The largest absolute Gasteiger partial charge is 0.673 e. The normalized spacial score (nSPS) is 10.4. The number of rotatable bonds is 1. The van der Waals surface area contributed by atoms with Gasteiger partial charge in [-0.3, -0.25) is 0 Å². The number of aryl methyl sites for hydroxylation is 1. The monoisotopic (exact) mass is 182 g/mol. The standard InChI is InChI=1S/C6H9N.BF4/c1-2-7-5-3-4-6-7;2-1(3,4)5/h3-6H,2H2,1H3;/q;-1. The van der Waals surface area contributed by atoms with Gasteiger partial charge in [0, 0.05) is 18.9 Å². The zero-order valence-electron chi connectivity index (χ0n) is 6.55. The van der Waals surface area contributed by atoms with Crippen LogP contribution in [-0.4, -0.2) is 11.8 Å². The second kappa shape index (κ2) is 4.85. The summed E-state index contributed by atoms with van der Waals surface area (Å²) in [5, 5.41) is 0. The predicted molar refractivity (Wildman–Crippen MR) is 40.3 cm³/mol. The highest BCUT2D eigenvalue weighted by atomic mass is 19.5. The lowest BCUT2D eigenvalue weighted by Crippen LogP contribution is -2.02. The molecule has 1 aromatic rings. The average molecular weight is 182 g/mol. The van der Waals surface area contributed by atoms with Gasteiger partial charge in [-0.15, -0.1) is 0 Å². The summed E-state index contributed by atoms with van der Waals surface area (Å²) in [7, 11) is -6.00. The van der Waals surface area contributed by atoms with E-state index in [4.69, 9.17) is 0 Å². The zero-order valence-corrected chi connectivity index (χ0v) is 6.55. The summed E-state index contributed by atoms with van der Waals surface area (Å²) in [6.45, 7) is 3.20. The minimum absolute atomic E-state index is 1.08. The number of nitrogens with zero attached hydrogens (tertiary/aromatic N) is 1. The lowest BCUT2D eigenvalue weighted by molar-refractivity contribution is 0.368. The third kappa shape index (κ3) is 9.06. The Morgan fingerprint density at radius 1 is 1.08 bits per heavy atom. The van der Waals surface area contributed by atoms with Crippen molar-refractivity contribution in [1.82, 2.24) is 4.57 Å². The number of halogens is 4. The minimum Gasteiger partial charge on any atom is -0.418 e. The molecule has 1 heterocycles. The summed E-state index contributed by atoms with van der Waals surface area (Å²) in [4.78, 5) is 0. The highest BCUT2D eigenvalue weighted by molar-refractivity contribution is 6.50. The van der Waals surface area contributed by atoms with Crippen molar-refractivity contribution in [2.24, 2.45) is 0 Å². The third-order valence-electron chi connectivity index (χ3n) is 1.03. The molecule has 0 amide bonds. The Hall–Kier alpha value is -0.935. The molecule has 6 heteroatoms. The van der Waals surface area contributed by atoms with E-state index in [0.29, 0.717) is 0 Å². The van der Waals surface area contributed by atoms with Crippen LogP contribution in [0.5, 0.6) is 0 Å². The van der Waals surface area contributed by atoms with Gasteiger partial charge in [-0.1, -0.05) is 0 Å². The van der Waals surface area contributed by atoms with Crippen LogP contribution in [0.2, 0.25) is 0 Å². The van der Waals surface area contributed by atoms with Crippen LogP contribution in [0, 0.1) is 0 Å². The second-order valence-corrected chi connectivity index (χ2v) is 2.01. The average Bonchev–Trinajstić information content (AvgIpc) is 2.33. The van der Waals surface area contributed by atoms with Crippen LogP contribution >= 0.6 is 0 Å². The molecule has 0 N–H and O–H groups in total. The van der Waals surface area contributed by atoms with Crippen LogP contribution in [0.3, 0.4) is 0 Å². The first-order valence-corrected chi connectivity index (χ1v) is 3.41. The van der Waals surface area contributed by atoms with Crippen molar-refractivity contribution >= 4 is 7.25 Å². The number of hydrogen-bond acceptors (Lipinski definition) is 0. The third-order valence-corrected chi connectivity index (χ3v) is 1.03. The first-order chi connectivity index (χ1) is 5.43. The van der Waals surface area contributed by atoms with Crippen LogP contribution < -0.4 is 0 Å². The molecule has 0 aliphatic heterocycles. The van der Waals surface area contributed by atoms with Crippen molar-refractivity contribution in [2.45, 2.75) is 13.5 Å². The van der Waals surface area contributed by atoms with Gasteiger partial charge in [-0.2, -0.15) is 0 Å². The molecule has 70 valence electrons. The van der Waals surface area contributed by atoms with Crippen molar-refractivity contribution in [1.29, 1.82) is 0 Å². The van der Waals surface area contributed by atoms with E-state index < -0.39 is 7.25 Å². The molecule has 0 unspecified atom stereocenters. The molecule has 0 aromatic carbocycles. The van der Waals surface area contributed by atoms with E-state index in [2.05, 4.69) is 23.9 Å². The lowest BCUT2D eigenvalue weighted by Gasteiger charge is -1.94. The quantitative estimate of drug-likeness (QED) is 0.464. The van der Waals surface area contributed by atoms with Crippen LogP contribution in [0.25, 0.3) is 0 Å². The molecule has 0 fully saturated rings. The maximum atomic E-state index is 9.75. The Labute approximate surface area is 68.1 Å². The molecule has 12 heavy (non-hydrogen) atoms. The lowest BCUT2D eigenvalue weighted by atomic mass is 10.3. The molecule has 0 saturated carbocycles. The van der Waals surface area contributed by atoms with E-state index in [1.807, 2.05) is 12.1 Å². The predicted octanol–water partition coefficient (Wildman–Crippen LogP) is 2.81. The van der Waals surface area contributed by atoms with Gasteiger partial charge < -0.3 is 21.8 Å². The van der Waals surface area contributed by atoms with Crippen molar-refractivity contribution in [2.75, 3.05) is 0 Å². The van der Waals surface area contributed by atoms with Crippen LogP contribution in [0.1, 0.15) is 6.92 Å². The Morgan fingerprint density at radius 2 is 1.42 bits per heavy atom. The van der Waals surface area contributed by atoms with E-state index >= 15 is 0 Å². The summed E-state index contributed by atoms with van der Waals surface area (Å²) in [6, 6.07) is 4.06. The van der Waals surface area contributed by atoms with Crippen LogP contribution in [0.15, 0.2) is 24.5 Å². The van der Waals surface area contributed by atoms with Gasteiger partial charge in [-0.25, -0.2) is 0 Å². The van der Waals surface area contributed by atoms with Gasteiger partial charge in [0.05, 0.1) is 0 Å². The summed E-state index contributed by atoms with van der Waals surface area (Å²) >= 11 is 0. The number of hydrogen-bond donors (Lipinski definition) is 0. The van der Waals surface area contributed by atoms with Crippen LogP contribution in [0.4, 0.5) is 17.3 Å². The molecule has 0 aliphatic carbocycles. The maximum Gasteiger partial charge on any atom is 0.673 e. The summed E-state index contributed by atoms with van der Waals surface area (Å²) in [6.07, 6.45) is 4.11. The first kappa shape index (κ1) is 11.1. The Bertz CT molecular complexity index is 188. The molecule has 1 aromatic heterocycles. The van der Waals surface area contributed by atoms with Gasteiger partial charge in [0.2, 0.25) is 0 Å². The van der Waals surface area contributed by atoms with E-state index in [1.54, 1.807) is 0 Å². The molecular weight excluding hydrogens is 173 g/mol. The van der Waals surface area contributed by atoms with E-state index in [9.17, 15) is 17.3 Å². The summed E-state index contributed by atoms with van der Waals surface area (Å²) in [5.41, 5.74) is 0. The minimum atomic E-state index is -6.00. The highest BCUT2D eigenvalue weighted by Gasteiger charge is 2.20. The van der Waals surface area contributed by atoms with Gasteiger partial charge in [-0.05, 0) is 19.1 Å². The molecular formula is C6H9BF4N-. The Kier molecular flexibility index (Phi) is 4.47. The van der Waals surface area contributed by atoms with Gasteiger partial charge >= 0.3 is 7.25 Å². The molecule has 0 spiro atoms. The molecule has 0 saturated heterocycles. The van der Waals surface area contributed by atoms with Gasteiger partial charge in [0.15, 0.2) is 0 Å². The SMILES string of the molecule is CCn1cccc1.F[B-](F)(F)F. The smallest absolute Gasteiger partial charge is 0.418 e. The fraction of sp³-hybridized carbons (Fsp3) is 0.333. The zero-order chi connectivity index (χ0) is 9.61. The topological polar surface area (TPSA) is 4.93 Å². The van der Waals surface area contributed by atoms with Crippen molar-refractivity contribution in [3.63, 3.8) is 0 Å². The van der Waals surface area contributed by atoms with Crippen LogP contribution in [-0.2, 0) is 6.54 Å². The maximum absolute atomic E-state index is 9.75. The van der Waals surface area contributed by atoms with Crippen molar-refractivity contribution in [3.8, 4) is 0 Å². The van der Waals surface area contributed by atoms with Crippen molar-refractivity contribution < 1.29 is 17.3 Å².